The summed E-state index contributed by atoms with van der Waals surface area (Å²) in [5.74, 6) is 0.822. The van der Waals surface area contributed by atoms with Crippen LogP contribution in [0.5, 0.6) is 0 Å². The molecule has 1 heterocycles. The number of hydrogen-bond acceptors (Lipinski definition) is 3. The van der Waals surface area contributed by atoms with E-state index in [1.807, 2.05) is 0 Å². The Kier molecular flexibility index (Phi) is 4.11. The van der Waals surface area contributed by atoms with Crippen LogP contribution in [0.2, 0.25) is 0 Å². The van der Waals surface area contributed by atoms with Crippen LogP contribution in [0, 0.1) is 5.92 Å². The lowest BCUT2D eigenvalue weighted by molar-refractivity contribution is -0.141. The van der Waals surface area contributed by atoms with Crippen LogP contribution in [-0.4, -0.2) is 34.8 Å². The second-order valence-electron chi connectivity index (χ2n) is 6.93. The summed E-state index contributed by atoms with van der Waals surface area (Å²) in [4.78, 5) is 26.2. The van der Waals surface area contributed by atoms with Crippen LogP contribution in [0.3, 0.4) is 0 Å². The Morgan fingerprint density at radius 3 is 2.50 bits per heavy atom. The van der Waals surface area contributed by atoms with E-state index in [-0.39, 0.29) is 23.9 Å². The van der Waals surface area contributed by atoms with Gasteiger partial charge < -0.3 is 5.32 Å². The Hall–Kier alpha value is -0.900. The van der Waals surface area contributed by atoms with E-state index in [4.69, 9.17) is 0 Å². The van der Waals surface area contributed by atoms with Gasteiger partial charge in [0, 0.05) is 12.1 Å². The van der Waals surface area contributed by atoms with E-state index < -0.39 is 0 Å². The van der Waals surface area contributed by atoms with Crippen molar-refractivity contribution in [2.24, 2.45) is 5.92 Å². The fourth-order valence-corrected chi connectivity index (χ4v) is 4.20. The first-order chi connectivity index (χ1) is 9.65. The van der Waals surface area contributed by atoms with Crippen molar-refractivity contribution >= 4 is 11.8 Å². The minimum Gasteiger partial charge on any atom is -0.303 e. The van der Waals surface area contributed by atoms with Crippen molar-refractivity contribution in [2.75, 3.05) is 0 Å². The summed E-state index contributed by atoms with van der Waals surface area (Å²) in [5.41, 5.74) is 0. The monoisotopic (exact) mass is 278 g/mol. The Morgan fingerprint density at radius 1 is 1.05 bits per heavy atom. The van der Waals surface area contributed by atoms with Gasteiger partial charge in [-0.2, -0.15) is 0 Å². The molecule has 3 aliphatic rings. The minimum absolute atomic E-state index is 0.0418. The zero-order valence-electron chi connectivity index (χ0n) is 12.4. The topological polar surface area (TPSA) is 49.4 Å². The maximum Gasteiger partial charge on any atom is 0.247 e. The summed E-state index contributed by atoms with van der Waals surface area (Å²) in [5, 5.41) is 3.47. The molecular formula is C16H26N2O2. The van der Waals surface area contributed by atoms with Crippen molar-refractivity contribution in [1.29, 1.82) is 0 Å². The molecule has 4 heteroatoms. The number of amides is 2. The van der Waals surface area contributed by atoms with E-state index in [0.29, 0.717) is 12.5 Å². The fourth-order valence-electron chi connectivity index (χ4n) is 4.20. The third-order valence-electron chi connectivity index (χ3n) is 5.25. The van der Waals surface area contributed by atoms with Crippen molar-refractivity contribution in [1.82, 2.24) is 10.2 Å². The largest absolute Gasteiger partial charge is 0.303 e. The Labute approximate surface area is 121 Å². The number of carbonyl (C=O) groups is 2. The smallest absolute Gasteiger partial charge is 0.247 e. The lowest BCUT2D eigenvalue weighted by atomic mass is 9.86. The highest BCUT2D eigenvalue weighted by Gasteiger charge is 2.43. The first-order valence-corrected chi connectivity index (χ1v) is 8.27. The molecule has 20 heavy (non-hydrogen) atoms. The molecule has 2 amide bonds. The molecule has 4 nitrogen and oxygen atoms in total. The van der Waals surface area contributed by atoms with Crippen LogP contribution in [0.25, 0.3) is 0 Å². The van der Waals surface area contributed by atoms with Gasteiger partial charge in [0.05, 0.1) is 12.5 Å². The van der Waals surface area contributed by atoms with E-state index in [1.54, 1.807) is 4.90 Å². The summed E-state index contributed by atoms with van der Waals surface area (Å²) in [7, 11) is 0. The van der Waals surface area contributed by atoms with Crippen molar-refractivity contribution in [3.63, 3.8) is 0 Å². The molecule has 3 unspecified atom stereocenters. The lowest BCUT2D eigenvalue weighted by Crippen LogP contribution is -2.47. The number of imide groups is 1. The summed E-state index contributed by atoms with van der Waals surface area (Å²) in [6.45, 7) is 2.28. The summed E-state index contributed by atoms with van der Waals surface area (Å²) < 4.78 is 0. The molecule has 1 aliphatic heterocycles. The average Bonchev–Trinajstić information content (AvgIpc) is 2.99. The van der Waals surface area contributed by atoms with Gasteiger partial charge in [-0.05, 0) is 31.6 Å². The van der Waals surface area contributed by atoms with Crippen molar-refractivity contribution in [3.05, 3.63) is 0 Å². The second-order valence-corrected chi connectivity index (χ2v) is 6.93. The molecule has 0 aromatic carbocycles. The maximum atomic E-state index is 12.5. The molecule has 0 aromatic rings. The van der Waals surface area contributed by atoms with Gasteiger partial charge in [0.25, 0.3) is 0 Å². The summed E-state index contributed by atoms with van der Waals surface area (Å²) >= 11 is 0. The molecule has 0 aromatic heterocycles. The molecule has 3 atom stereocenters. The average molecular weight is 278 g/mol. The van der Waals surface area contributed by atoms with Gasteiger partial charge in [-0.1, -0.05) is 32.6 Å². The molecule has 3 fully saturated rings. The van der Waals surface area contributed by atoms with Crippen LogP contribution < -0.4 is 5.32 Å². The van der Waals surface area contributed by atoms with Crippen LogP contribution in [0.4, 0.5) is 0 Å². The molecule has 0 spiro atoms. The molecule has 3 rings (SSSR count). The Balaban J connectivity index is 1.60. The number of nitrogens with zero attached hydrogens (tertiary/aromatic N) is 1. The molecule has 2 aliphatic carbocycles. The van der Waals surface area contributed by atoms with E-state index >= 15 is 0 Å². The van der Waals surface area contributed by atoms with Gasteiger partial charge in [-0.3, -0.25) is 14.5 Å². The quantitative estimate of drug-likeness (QED) is 0.805. The Morgan fingerprint density at radius 2 is 1.80 bits per heavy atom. The SMILES string of the molecule is CC1CCCC(NC2CC(=O)N(C3CCCC3)C2=O)C1. The van der Waals surface area contributed by atoms with E-state index in [2.05, 4.69) is 12.2 Å². The van der Waals surface area contributed by atoms with Gasteiger partial charge in [0.1, 0.15) is 0 Å². The van der Waals surface area contributed by atoms with E-state index in [9.17, 15) is 9.59 Å². The molecule has 1 saturated heterocycles. The standard InChI is InChI=1S/C16H26N2O2/c1-11-5-4-6-12(9-11)17-14-10-15(19)18(16(14)20)13-7-2-3-8-13/h11-14,17H,2-10H2,1H3. The molecule has 0 bridgehead atoms. The number of nitrogens with one attached hydrogen (secondary N) is 1. The molecular weight excluding hydrogens is 252 g/mol. The van der Waals surface area contributed by atoms with Gasteiger partial charge in [0.15, 0.2) is 0 Å². The highest BCUT2D eigenvalue weighted by atomic mass is 16.2. The zero-order valence-corrected chi connectivity index (χ0v) is 12.4. The fraction of sp³-hybridized carbons (Fsp3) is 0.875. The van der Waals surface area contributed by atoms with Crippen LogP contribution in [-0.2, 0) is 9.59 Å². The summed E-state index contributed by atoms with van der Waals surface area (Å²) in [6, 6.07) is 0.356. The normalized spacial score (nSPS) is 36.0. The number of rotatable bonds is 3. The van der Waals surface area contributed by atoms with Crippen LogP contribution in [0.1, 0.15) is 64.7 Å². The number of carbonyl (C=O) groups excluding carboxylic acids is 2. The highest BCUT2D eigenvalue weighted by Crippen LogP contribution is 2.29. The molecule has 0 radical (unpaired) electrons. The van der Waals surface area contributed by atoms with Gasteiger partial charge in [-0.25, -0.2) is 0 Å². The van der Waals surface area contributed by atoms with Crippen molar-refractivity contribution in [3.8, 4) is 0 Å². The van der Waals surface area contributed by atoms with Crippen molar-refractivity contribution in [2.45, 2.75) is 82.8 Å². The predicted octanol–water partition coefficient (Wildman–Crippen LogP) is 2.22. The summed E-state index contributed by atoms with van der Waals surface area (Å²) in [6.07, 6.45) is 9.51. The van der Waals surface area contributed by atoms with Gasteiger partial charge in [0.2, 0.25) is 11.8 Å². The van der Waals surface area contributed by atoms with E-state index in [0.717, 1.165) is 44.4 Å². The first kappa shape index (κ1) is 14.1. The number of likely N-dealkylation sites (tertiary alicyclic amines) is 1. The van der Waals surface area contributed by atoms with Crippen LogP contribution in [0.15, 0.2) is 0 Å². The Bertz CT molecular complexity index is 390. The zero-order chi connectivity index (χ0) is 14.1. The molecule has 1 N–H and O–H groups in total. The van der Waals surface area contributed by atoms with Crippen molar-refractivity contribution < 1.29 is 9.59 Å². The second kappa shape index (κ2) is 5.84. The van der Waals surface area contributed by atoms with Gasteiger partial charge >= 0.3 is 0 Å². The lowest BCUT2D eigenvalue weighted by Gasteiger charge is -2.29. The van der Waals surface area contributed by atoms with Gasteiger partial charge in [-0.15, -0.1) is 0 Å². The van der Waals surface area contributed by atoms with E-state index in [1.165, 1.54) is 12.8 Å². The third kappa shape index (κ3) is 2.76. The minimum atomic E-state index is -0.251. The molecule has 112 valence electrons. The number of hydrogen-bond donors (Lipinski definition) is 1. The molecule has 2 saturated carbocycles. The van der Waals surface area contributed by atoms with Crippen LogP contribution >= 0.6 is 0 Å². The predicted molar refractivity (Wildman–Crippen MR) is 77.1 cm³/mol. The third-order valence-corrected chi connectivity index (χ3v) is 5.25. The maximum absolute atomic E-state index is 12.5. The first-order valence-electron chi connectivity index (χ1n) is 8.27. The highest BCUT2D eigenvalue weighted by molar-refractivity contribution is 6.05.